The van der Waals surface area contributed by atoms with Gasteiger partial charge in [-0.3, -0.25) is 4.79 Å². The molecule has 0 radical (unpaired) electrons. The van der Waals surface area contributed by atoms with E-state index in [4.69, 9.17) is 4.74 Å². The minimum Gasteiger partial charge on any atom is -0.497 e. The Balaban J connectivity index is 2.01. The fourth-order valence-electron chi connectivity index (χ4n) is 2.13. The molecule has 0 aliphatic heterocycles. The van der Waals surface area contributed by atoms with Crippen LogP contribution in [0.2, 0.25) is 0 Å². The monoisotopic (exact) mass is 314 g/mol. The lowest BCUT2D eigenvalue weighted by Gasteiger charge is -2.26. The van der Waals surface area contributed by atoms with Crippen LogP contribution in [0.5, 0.6) is 5.75 Å². The number of hydrogen-bond donors (Lipinski definition) is 2. The Morgan fingerprint density at radius 3 is 2.35 bits per heavy atom. The number of methoxy groups -OCH3 is 1. The predicted molar refractivity (Wildman–Crippen MR) is 89.9 cm³/mol. The predicted octanol–water partition coefficient (Wildman–Crippen LogP) is 2.23. The molecule has 0 aliphatic rings. The smallest absolute Gasteiger partial charge is 0.271 e. The number of benzene rings is 1. The van der Waals surface area contributed by atoms with Crippen molar-refractivity contribution in [2.24, 2.45) is 0 Å². The van der Waals surface area contributed by atoms with Crippen molar-refractivity contribution < 1.29 is 9.53 Å². The van der Waals surface area contributed by atoms with Crippen LogP contribution in [0.15, 0.2) is 36.4 Å². The number of hydrogen-bond acceptors (Lipinski definition) is 5. The van der Waals surface area contributed by atoms with Crippen LogP contribution in [-0.4, -0.2) is 36.8 Å². The number of rotatable bonds is 6. The molecule has 6 nitrogen and oxygen atoms in total. The lowest BCUT2D eigenvalue weighted by atomic mass is 9.84. The van der Waals surface area contributed by atoms with Gasteiger partial charge in [-0.25, -0.2) is 0 Å². The zero-order valence-corrected chi connectivity index (χ0v) is 13.9. The molecule has 0 unspecified atom stereocenters. The molecule has 6 heteroatoms. The Bertz CT molecular complexity index is 651. The van der Waals surface area contributed by atoms with Crippen molar-refractivity contribution >= 4 is 11.7 Å². The number of nitrogens with zero attached hydrogens (tertiary/aromatic N) is 2. The number of carbonyl (C=O) groups excluding carboxylic acids is 1. The van der Waals surface area contributed by atoms with Gasteiger partial charge >= 0.3 is 0 Å². The van der Waals surface area contributed by atoms with Crippen molar-refractivity contribution in [1.29, 1.82) is 0 Å². The second kappa shape index (κ2) is 7.09. The van der Waals surface area contributed by atoms with E-state index >= 15 is 0 Å². The van der Waals surface area contributed by atoms with E-state index in [2.05, 4.69) is 46.8 Å². The third-order valence-corrected chi connectivity index (χ3v) is 3.71. The summed E-state index contributed by atoms with van der Waals surface area (Å²) in [5, 5.41) is 13.7. The van der Waals surface area contributed by atoms with Crippen LogP contribution >= 0.6 is 0 Å². The molecule has 0 aliphatic carbocycles. The van der Waals surface area contributed by atoms with Gasteiger partial charge in [0, 0.05) is 19.0 Å². The van der Waals surface area contributed by atoms with Gasteiger partial charge in [0.1, 0.15) is 11.6 Å². The number of aromatic nitrogens is 2. The average Bonchev–Trinajstić information content (AvgIpc) is 2.60. The van der Waals surface area contributed by atoms with Gasteiger partial charge in [0.25, 0.3) is 5.91 Å². The molecule has 0 saturated heterocycles. The van der Waals surface area contributed by atoms with E-state index in [1.54, 1.807) is 26.3 Å². The summed E-state index contributed by atoms with van der Waals surface area (Å²) in [7, 11) is 3.22. The number of amides is 1. The van der Waals surface area contributed by atoms with E-state index < -0.39 is 0 Å². The van der Waals surface area contributed by atoms with Gasteiger partial charge in [0.15, 0.2) is 5.69 Å². The highest BCUT2D eigenvalue weighted by Crippen LogP contribution is 2.25. The highest BCUT2D eigenvalue weighted by molar-refractivity contribution is 5.91. The third-order valence-electron chi connectivity index (χ3n) is 3.71. The van der Waals surface area contributed by atoms with Crippen LogP contribution in [-0.2, 0) is 5.41 Å². The second-order valence-electron chi connectivity index (χ2n) is 5.85. The van der Waals surface area contributed by atoms with Gasteiger partial charge in [0.05, 0.1) is 7.11 Å². The van der Waals surface area contributed by atoms with E-state index in [0.29, 0.717) is 18.1 Å². The maximum atomic E-state index is 11.4. The van der Waals surface area contributed by atoms with Crippen molar-refractivity contribution in [1.82, 2.24) is 15.5 Å². The molecule has 2 rings (SSSR count). The SMILES string of the molecule is CNC(=O)c1ccc(NCC(C)(C)c2ccc(OC)cc2)nn1. The lowest BCUT2D eigenvalue weighted by Crippen LogP contribution is -2.28. The van der Waals surface area contributed by atoms with Crippen molar-refractivity contribution in [3.05, 3.63) is 47.7 Å². The van der Waals surface area contributed by atoms with E-state index in [9.17, 15) is 4.79 Å². The molecule has 0 bridgehead atoms. The molecule has 23 heavy (non-hydrogen) atoms. The first-order chi connectivity index (χ1) is 11.0. The molecule has 0 saturated carbocycles. The van der Waals surface area contributed by atoms with Gasteiger partial charge in [-0.2, -0.15) is 0 Å². The summed E-state index contributed by atoms with van der Waals surface area (Å²) in [6.45, 7) is 4.98. The Morgan fingerprint density at radius 1 is 1.13 bits per heavy atom. The quantitative estimate of drug-likeness (QED) is 0.855. The topological polar surface area (TPSA) is 76.1 Å². The van der Waals surface area contributed by atoms with E-state index in [1.807, 2.05) is 12.1 Å². The van der Waals surface area contributed by atoms with Gasteiger partial charge < -0.3 is 15.4 Å². The maximum Gasteiger partial charge on any atom is 0.271 e. The Hall–Kier alpha value is -2.63. The summed E-state index contributed by atoms with van der Waals surface area (Å²) >= 11 is 0. The Morgan fingerprint density at radius 2 is 1.83 bits per heavy atom. The van der Waals surface area contributed by atoms with Gasteiger partial charge in [-0.1, -0.05) is 26.0 Å². The molecule has 1 aromatic carbocycles. The number of anilines is 1. The van der Waals surface area contributed by atoms with Crippen LogP contribution in [0.3, 0.4) is 0 Å². The van der Waals surface area contributed by atoms with Crippen molar-refractivity contribution in [3.63, 3.8) is 0 Å². The minimum atomic E-state index is -0.248. The zero-order chi connectivity index (χ0) is 16.9. The molecule has 1 amide bonds. The largest absolute Gasteiger partial charge is 0.497 e. The van der Waals surface area contributed by atoms with Gasteiger partial charge in [-0.15, -0.1) is 10.2 Å². The Kier molecular flexibility index (Phi) is 5.16. The maximum absolute atomic E-state index is 11.4. The summed E-state index contributed by atoms with van der Waals surface area (Å²) in [4.78, 5) is 11.4. The average molecular weight is 314 g/mol. The van der Waals surface area contributed by atoms with E-state index in [0.717, 1.165) is 5.75 Å². The van der Waals surface area contributed by atoms with Crippen LogP contribution < -0.4 is 15.4 Å². The molecule has 2 aromatic rings. The van der Waals surface area contributed by atoms with Gasteiger partial charge in [0.2, 0.25) is 0 Å². The summed E-state index contributed by atoms with van der Waals surface area (Å²) in [6.07, 6.45) is 0. The molecule has 0 spiro atoms. The van der Waals surface area contributed by atoms with Crippen LogP contribution in [0.1, 0.15) is 29.9 Å². The molecule has 1 heterocycles. The molecular formula is C17H22N4O2. The van der Waals surface area contributed by atoms with Crippen LogP contribution in [0.25, 0.3) is 0 Å². The number of carbonyl (C=O) groups is 1. The van der Waals surface area contributed by atoms with Crippen molar-refractivity contribution in [2.45, 2.75) is 19.3 Å². The first-order valence-electron chi connectivity index (χ1n) is 7.40. The molecule has 1 aromatic heterocycles. The minimum absolute atomic E-state index is 0.0899. The highest BCUT2D eigenvalue weighted by atomic mass is 16.5. The van der Waals surface area contributed by atoms with Crippen molar-refractivity contribution in [2.75, 3.05) is 26.0 Å². The molecule has 2 N–H and O–H groups in total. The lowest BCUT2D eigenvalue weighted by molar-refractivity contribution is 0.0957. The Labute approximate surface area is 136 Å². The summed E-state index contributed by atoms with van der Waals surface area (Å²) in [5.74, 6) is 1.23. The van der Waals surface area contributed by atoms with Gasteiger partial charge in [-0.05, 0) is 29.8 Å². The molecule has 0 atom stereocenters. The first-order valence-corrected chi connectivity index (χ1v) is 7.40. The van der Waals surface area contributed by atoms with Crippen molar-refractivity contribution in [3.8, 4) is 5.75 Å². The highest BCUT2D eigenvalue weighted by Gasteiger charge is 2.20. The standard InChI is InChI=1S/C17H22N4O2/c1-17(2,12-5-7-13(23-4)8-6-12)11-19-15-10-9-14(20-21-15)16(22)18-3/h5-10H,11H2,1-4H3,(H,18,22)(H,19,21). The molecular weight excluding hydrogens is 292 g/mol. The molecule has 0 fully saturated rings. The first kappa shape index (κ1) is 16.7. The van der Waals surface area contributed by atoms with Crippen LogP contribution in [0, 0.1) is 0 Å². The van der Waals surface area contributed by atoms with Crippen LogP contribution in [0.4, 0.5) is 5.82 Å². The normalized spacial score (nSPS) is 11.0. The molecule has 122 valence electrons. The second-order valence-corrected chi connectivity index (χ2v) is 5.85. The third kappa shape index (κ3) is 4.18. The summed E-state index contributed by atoms with van der Waals surface area (Å²) < 4.78 is 5.18. The number of ether oxygens (including phenoxy) is 1. The summed E-state index contributed by atoms with van der Waals surface area (Å²) in [6, 6.07) is 11.4. The number of nitrogens with one attached hydrogen (secondary N) is 2. The fourth-order valence-corrected chi connectivity index (χ4v) is 2.13. The summed E-state index contributed by atoms with van der Waals surface area (Å²) in [5.41, 5.74) is 1.40. The fraction of sp³-hybridized carbons (Fsp3) is 0.353. The van der Waals surface area contributed by atoms with E-state index in [1.165, 1.54) is 5.56 Å². The van der Waals surface area contributed by atoms with E-state index in [-0.39, 0.29) is 11.3 Å². The zero-order valence-electron chi connectivity index (χ0n) is 13.9.